The lowest BCUT2D eigenvalue weighted by Crippen LogP contribution is -2.27. The predicted molar refractivity (Wildman–Crippen MR) is 71.0 cm³/mol. The van der Waals surface area contributed by atoms with Crippen molar-refractivity contribution in [2.75, 3.05) is 11.9 Å². The SMILES string of the molecule is CCCNc1nnc(C(=O)NC(C)c2ncn[nH]2)s1. The van der Waals surface area contributed by atoms with Crippen molar-refractivity contribution in [3.8, 4) is 0 Å². The second-order valence-electron chi connectivity index (χ2n) is 3.91. The lowest BCUT2D eigenvalue weighted by molar-refractivity contribution is 0.0937. The highest BCUT2D eigenvalue weighted by molar-refractivity contribution is 7.17. The second-order valence-corrected chi connectivity index (χ2v) is 4.88. The summed E-state index contributed by atoms with van der Waals surface area (Å²) in [5.74, 6) is 0.327. The van der Waals surface area contributed by atoms with E-state index in [1.54, 1.807) is 0 Å². The van der Waals surface area contributed by atoms with Crippen molar-refractivity contribution in [3.05, 3.63) is 17.2 Å². The van der Waals surface area contributed by atoms with Crippen LogP contribution in [0.15, 0.2) is 6.33 Å². The molecule has 2 heterocycles. The highest BCUT2D eigenvalue weighted by Gasteiger charge is 2.17. The Labute approximate surface area is 114 Å². The normalized spacial score (nSPS) is 12.1. The van der Waals surface area contributed by atoms with Gasteiger partial charge in [-0.15, -0.1) is 10.2 Å². The fourth-order valence-electron chi connectivity index (χ4n) is 1.37. The van der Waals surface area contributed by atoms with Crippen molar-refractivity contribution >= 4 is 22.4 Å². The minimum absolute atomic E-state index is 0.258. The summed E-state index contributed by atoms with van der Waals surface area (Å²) in [7, 11) is 0. The van der Waals surface area contributed by atoms with Gasteiger partial charge in [0, 0.05) is 6.54 Å². The molecular weight excluding hydrogens is 266 g/mol. The van der Waals surface area contributed by atoms with Gasteiger partial charge in [-0.25, -0.2) is 4.98 Å². The minimum Gasteiger partial charge on any atom is -0.360 e. The number of rotatable bonds is 6. The molecule has 0 aliphatic heterocycles. The molecule has 1 atom stereocenters. The summed E-state index contributed by atoms with van der Waals surface area (Å²) in [6, 6.07) is -0.258. The van der Waals surface area contributed by atoms with E-state index >= 15 is 0 Å². The maximum atomic E-state index is 11.9. The third-order valence-corrected chi connectivity index (χ3v) is 3.22. The van der Waals surface area contributed by atoms with Gasteiger partial charge in [-0.1, -0.05) is 18.3 Å². The van der Waals surface area contributed by atoms with Crippen LogP contribution in [-0.4, -0.2) is 37.8 Å². The van der Waals surface area contributed by atoms with E-state index in [-0.39, 0.29) is 11.9 Å². The van der Waals surface area contributed by atoms with Gasteiger partial charge in [-0.2, -0.15) is 5.10 Å². The van der Waals surface area contributed by atoms with Crippen molar-refractivity contribution < 1.29 is 4.79 Å². The molecule has 0 saturated carbocycles. The number of aromatic amines is 1. The zero-order valence-corrected chi connectivity index (χ0v) is 11.5. The molecule has 0 saturated heterocycles. The number of nitrogens with one attached hydrogen (secondary N) is 3. The Bertz CT molecular complexity index is 524. The largest absolute Gasteiger partial charge is 0.360 e. The van der Waals surface area contributed by atoms with Crippen LogP contribution in [0.3, 0.4) is 0 Å². The van der Waals surface area contributed by atoms with E-state index in [9.17, 15) is 4.79 Å². The summed E-state index contributed by atoms with van der Waals surface area (Å²) < 4.78 is 0. The Morgan fingerprint density at radius 1 is 1.53 bits per heavy atom. The molecule has 1 unspecified atom stereocenters. The number of hydrogen-bond acceptors (Lipinski definition) is 7. The van der Waals surface area contributed by atoms with E-state index in [2.05, 4.69) is 42.9 Å². The summed E-state index contributed by atoms with van der Waals surface area (Å²) in [5, 5.41) is 21.0. The lowest BCUT2D eigenvalue weighted by atomic mass is 10.3. The number of hydrogen-bond donors (Lipinski definition) is 3. The van der Waals surface area contributed by atoms with Crippen LogP contribution in [0.25, 0.3) is 0 Å². The first-order valence-corrected chi connectivity index (χ1v) is 6.76. The van der Waals surface area contributed by atoms with Gasteiger partial charge in [0.05, 0.1) is 6.04 Å². The van der Waals surface area contributed by atoms with Gasteiger partial charge in [-0.05, 0) is 13.3 Å². The number of carbonyl (C=O) groups excluding carboxylic acids is 1. The first kappa shape index (κ1) is 13.4. The Morgan fingerprint density at radius 2 is 2.37 bits per heavy atom. The second kappa shape index (κ2) is 6.23. The maximum Gasteiger partial charge on any atom is 0.282 e. The van der Waals surface area contributed by atoms with Crippen molar-refractivity contribution in [2.45, 2.75) is 26.3 Å². The highest BCUT2D eigenvalue weighted by atomic mass is 32.1. The molecule has 1 amide bonds. The monoisotopic (exact) mass is 281 g/mol. The van der Waals surface area contributed by atoms with E-state index in [0.717, 1.165) is 13.0 Å². The summed E-state index contributed by atoms with van der Waals surface area (Å²) in [5.41, 5.74) is 0. The molecule has 0 aromatic carbocycles. The predicted octanol–water partition coefficient (Wildman–Crippen LogP) is 0.969. The van der Waals surface area contributed by atoms with E-state index < -0.39 is 0 Å². The molecule has 102 valence electrons. The zero-order chi connectivity index (χ0) is 13.7. The van der Waals surface area contributed by atoms with Crippen LogP contribution in [0.2, 0.25) is 0 Å². The van der Waals surface area contributed by atoms with Crippen LogP contribution >= 0.6 is 11.3 Å². The van der Waals surface area contributed by atoms with Gasteiger partial charge in [-0.3, -0.25) is 9.89 Å². The third-order valence-electron chi connectivity index (χ3n) is 2.34. The van der Waals surface area contributed by atoms with Crippen LogP contribution in [-0.2, 0) is 0 Å². The Morgan fingerprint density at radius 3 is 3.05 bits per heavy atom. The lowest BCUT2D eigenvalue weighted by Gasteiger charge is -2.08. The molecule has 2 aromatic heterocycles. The first-order chi connectivity index (χ1) is 9.20. The number of carbonyl (C=O) groups is 1. The molecule has 8 nitrogen and oxygen atoms in total. The highest BCUT2D eigenvalue weighted by Crippen LogP contribution is 2.16. The number of amides is 1. The minimum atomic E-state index is -0.272. The third kappa shape index (κ3) is 3.47. The smallest absolute Gasteiger partial charge is 0.282 e. The summed E-state index contributed by atoms with van der Waals surface area (Å²) in [4.78, 5) is 15.9. The Hall–Kier alpha value is -2.03. The van der Waals surface area contributed by atoms with Gasteiger partial charge >= 0.3 is 0 Å². The molecule has 0 aliphatic rings. The molecular formula is C10H15N7OS. The molecule has 9 heteroatoms. The van der Waals surface area contributed by atoms with Crippen molar-refractivity contribution in [2.24, 2.45) is 0 Å². The van der Waals surface area contributed by atoms with Gasteiger partial charge in [0.2, 0.25) is 10.1 Å². The summed E-state index contributed by atoms with van der Waals surface area (Å²) in [6.07, 6.45) is 2.39. The van der Waals surface area contributed by atoms with E-state index in [4.69, 9.17) is 0 Å². The van der Waals surface area contributed by atoms with Crippen LogP contribution in [0.1, 0.15) is 41.9 Å². The topological polar surface area (TPSA) is 108 Å². The molecule has 2 rings (SSSR count). The molecule has 0 fully saturated rings. The average Bonchev–Trinajstić information content (AvgIpc) is 3.07. The zero-order valence-electron chi connectivity index (χ0n) is 10.7. The molecule has 0 radical (unpaired) electrons. The molecule has 19 heavy (non-hydrogen) atoms. The quantitative estimate of drug-likeness (QED) is 0.728. The summed E-state index contributed by atoms with van der Waals surface area (Å²) >= 11 is 1.23. The number of aromatic nitrogens is 5. The van der Waals surface area contributed by atoms with Gasteiger partial charge in [0.15, 0.2) is 0 Å². The van der Waals surface area contributed by atoms with Crippen LogP contribution < -0.4 is 10.6 Å². The maximum absolute atomic E-state index is 11.9. The van der Waals surface area contributed by atoms with Crippen molar-refractivity contribution in [1.29, 1.82) is 0 Å². The summed E-state index contributed by atoms with van der Waals surface area (Å²) in [6.45, 7) is 4.68. The van der Waals surface area contributed by atoms with E-state index in [1.807, 2.05) is 6.92 Å². The molecule has 0 spiro atoms. The molecule has 0 bridgehead atoms. The van der Waals surface area contributed by atoms with E-state index in [1.165, 1.54) is 17.7 Å². The van der Waals surface area contributed by atoms with Gasteiger partial charge in [0.1, 0.15) is 12.2 Å². The fourth-order valence-corrected chi connectivity index (χ4v) is 2.04. The standard InChI is InChI=1S/C10H15N7OS/c1-3-4-11-10-17-16-9(19-10)8(18)14-6(2)7-12-5-13-15-7/h5-6H,3-4H2,1-2H3,(H,11,17)(H,14,18)(H,12,13,15). The van der Waals surface area contributed by atoms with Gasteiger partial charge < -0.3 is 10.6 Å². The van der Waals surface area contributed by atoms with Crippen LogP contribution in [0.4, 0.5) is 5.13 Å². The van der Waals surface area contributed by atoms with Crippen molar-refractivity contribution in [3.63, 3.8) is 0 Å². The Kier molecular flexibility index (Phi) is 4.39. The molecule has 0 aliphatic carbocycles. The molecule has 3 N–H and O–H groups in total. The first-order valence-electron chi connectivity index (χ1n) is 5.94. The average molecular weight is 281 g/mol. The van der Waals surface area contributed by atoms with Gasteiger partial charge in [0.25, 0.3) is 5.91 Å². The fraction of sp³-hybridized carbons (Fsp3) is 0.500. The number of H-pyrrole nitrogens is 1. The Balaban J connectivity index is 1.94. The molecule has 2 aromatic rings. The van der Waals surface area contributed by atoms with Crippen molar-refractivity contribution in [1.82, 2.24) is 30.7 Å². The number of anilines is 1. The van der Waals surface area contributed by atoms with E-state index in [0.29, 0.717) is 16.0 Å². The number of nitrogens with zero attached hydrogens (tertiary/aromatic N) is 4. The van der Waals surface area contributed by atoms with Crippen LogP contribution in [0, 0.1) is 0 Å². The van der Waals surface area contributed by atoms with Crippen LogP contribution in [0.5, 0.6) is 0 Å².